The Kier molecular flexibility index (Phi) is 5.00. The van der Waals surface area contributed by atoms with Crippen molar-refractivity contribution in [2.45, 2.75) is 31.1 Å². The van der Waals surface area contributed by atoms with E-state index in [9.17, 15) is 13.2 Å². The number of sulfone groups is 1. The van der Waals surface area contributed by atoms with Gasteiger partial charge in [-0.1, -0.05) is 31.2 Å². The maximum atomic E-state index is 12.6. The second-order valence-electron chi connectivity index (χ2n) is 5.17. The lowest BCUT2D eigenvalue weighted by atomic mass is 10.1. The SMILES string of the molecule is CCNC1c2ccccc2CC1S(=O)(=O)CCC(=O)OC. The number of hydrogen-bond acceptors (Lipinski definition) is 5. The van der Waals surface area contributed by atoms with Crippen LogP contribution < -0.4 is 5.32 Å². The molecule has 0 bridgehead atoms. The molecule has 0 fully saturated rings. The Hall–Kier alpha value is -1.40. The zero-order valence-corrected chi connectivity index (χ0v) is 13.2. The van der Waals surface area contributed by atoms with Gasteiger partial charge in [-0.3, -0.25) is 4.79 Å². The zero-order chi connectivity index (χ0) is 15.5. The van der Waals surface area contributed by atoms with Crippen molar-refractivity contribution in [3.05, 3.63) is 35.4 Å². The van der Waals surface area contributed by atoms with Crippen LogP contribution in [0.15, 0.2) is 24.3 Å². The van der Waals surface area contributed by atoms with Crippen molar-refractivity contribution < 1.29 is 17.9 Å². The quantitative estimate of drug-likeness (QED) is 0.800. The fourth-order valence-corrected chi connectivity index (χ4v) is 4.68. The number of carbonyl (C=O) groups is 1. The minimum absolute atomic E-state index is 0.0927. The van der Waals surface area contributed by atoms with E-state index in [1.807, 2.05) is 31.2 Å². The number of esters is 1. The van der Waals surface area contributed by atoms with Crippen molar-refractivity contribution in [1.82, 2.24) is 5.32 Å². The molecule has 1 N–H and O–H groups in total. The fourth-order valence-electron chi connectivity index (χ4n) is 2.83. The van der Waals surface area contributed by atoms with Gasteiger partial charge < -0.3 is 10.1 Å². The van der Waals surface area contributed by atoms with Crippen LogP contribution in [0.3, 0.4) is 0 Å². The van der Waals surface area contributed by atoms with Crippen LogP contribution in [0.1, 0.15) is 30.5 Å². The first kappa shape index (κ1) is 16.0. The Morgan fingerprint density at radius 3 is 2.76 bits per heavy atom. The third-order valence-corrected chi connectivity index (χ3v) is 6.02. The van der Waals surface area contributed by atoms with Crippen molar-refractivity contribution >= 4 is 15.8 Å². The number of carbonyl (C=O) groups excluding carboxylic acids is 1. The molecule has 0 radical (unpaired) electrons. The largest absolute Gasteiger partial charge is 0.469 e. The summed E-state index contributed by atoms with van der Waals surface area (Å²) >= 11 is 0. The third kappa shape index (κ3) is 3.44. The highest BCUT2D eigenvalue weighted by molar-refractivity contribution is 7.92. The number of fused-ring (bicyclic) bond motifs is 1. The van der Waals surface area contributed by atoms with Crippen LogP contribution >= 0.6 is 0 Å². The number of nitrogens with one attached hydrogen (secondary N) is 1. The van der Waals surface area contributed by atoms with Gasteiger partial charge in [-0.05, 0) is 24.1 Å². The van der Waals surface area contributed by atoms with Gasteiger partial charge >= 0.3 is 5.97 Å². The van der Waals surface area contributed by atoms with Gasteiger partial charge in [0.25, 0.3) is 0 Å². The molecule has 1 aromatic rings. The minimum atomic E-state index is -3.37. The van der Waals surface area contributed by atoms with E-state index in [2.05, 4.69) is 10.1 Å². The van der Waals surface area contributed by atoms with E-state index >= 15 is 0 Å². The first-order chi connectivity index (χ1) is 9.99. The summed E-state index contributed by atoms with van der Waals surface area (Å²) in [5.74, 6) is -0.658. The number of hydrogen-bond donors (Lipinski definition) is 1. The first-order valence-electron chi connectivity index (χ1n) is 7.09. The average molecular weight is 311 g/mol. The molecule has 0 amide bonds. The topological polar surface area (TPSA) is 72.5 Å². The van der Waals surface area contributed by atoms with E-state index in [0.29, 0.717) is 13.0 Å². The van der Waals surface area contributed by atoms with E-state index in [-0.39, 0.29) is 18.2 Å². The van der Waals surface area contributed by atoms with Gasteiger partial charge in [0, 0.05) is 6.04 Å². The van der Waals surface area contributed by atoms with Crippen LogP contribution in [-0.4, -0.2) is 39.0 Å². The summed E-state index contributed by atoms with van der Waals surface area (Å²) < 4.78 is 29.6. The molecule has 116 valence electrons. The van der Waals surface area contributed by atoms with Crippen molar-refractivity contribution in [2.75, 3.05) is 19.4 Å². The Morgan fingerprint density at radius 1 is 1.38 bits per heavy atom. The Bertz CT molecular complexity index is 612. The number of ether oxygens (including phenoxy) is 1. The molecule has 0 saturated carbocycles. The Balaban J connectivity index is 2.21. The second-order valence-corrected chi connectivity index (χ2v) is 7.51. The molecule has 2 rings (SSSR count). The van der Waals surface area contributed by atoms with Gasteiger partial charge in [-0.2, -0.15) is 0 Å². The van der Waals surface area contributed by atoms with E-state index in [1.54, 1.807) is 0 Å². The summed E-state index contributed by atoms with van der Waals surface area (Å²) in [7, 11) is -2.10. The fraction of sp³-hybridized carbons (Fsp3) is 0.533. The third-order valence-electron chi connectivity index (χ3n) is 3.89. The molecule has 5 nitrogen and oxygen atoms in total. The molecule has 1 aliphatic rings. The standard InChI is InChI=1S/C15H21NO4S/c1-3-16-15-12-7-5-4-6-11(12)10-13(15)21(18,19)9-8-14(17)20-2/h4-7,13,15-16H,3,8-10H2,1-2H3. The van der Waals surface area contributed by atoms with Crippen LogP contribution in [-0.2, 0) is 25.8 Å². The molecule has 0 aromatic heterocycles. The van der Waals surface area contributed by atoms with E-state index in [0.717, 1.165) is 11.1 Å². The summed E-state index contributed by atoms with van der Waals surface area (Å²) in [4.78, 5) is 11.2. The van der Waals surface area contributed by atoms with Crippen LogP contribution in [0.2, 0.25) is 0 Å². The maximum absolute atomic E-state index is 12.6. The molecular formula is C15H21NO4S. The summed E-state index contributed by atoms with van der Waals surface area (Å²) in [6.07, 6.45) is 0.405. The molecule has 0 spiro atoms. The predicted molar refractivity (Wildman–Crippen MR) is 80.8 cm³/mol. The monoisotopic (exact) mass is 311 g/mol. The number of methoxy groups -OCH3 is 1. The van der Waals surface area contributed by atoms with Gasteiger partial charge in [0.05, 0.1) is 24.5 Å². The van der Waals surface area contributed by atoms with E-state index < -0.39 is 21.1 Å². The van der Waals surface area contributed by atoms with Crippen molar-refractivity contribution in [3.63, 3.8) is 0 Å². The van der Waals surface area contributed by atoms with Crippen LogP contribution in [0.4, 0.5) is 0 Å². The Morgan fingerprint density at radius 2 is 2.10 bits per heavy atom. The van der Waals surface area contributed by atoms with Gasteiger partial charge in [0.2, 0.25) is 0 Å². The second kappa shape index (κ2) is 6.58. The first-order valence-corrected chi connectivity index (χ1v) is 8.80. The van der Waals surface area contributed by atoms with Crippen molar-refractivity contribution in [2.24, 2.45) is 0 Å². The summed E-state index contributed by atoms with van der Waals surface area (Å²) in [6.45, 7) is 2.65. The van der Waals surface area contributed by atoms with Gasteiger partial charge in [0.1, 0.15) is 0 Å². The zero-order valence-electron chi connectivity index (χ0n) is 12.3. The van der Waals surface area contributed by atoms with Crippen LogP contribution in [0.25, 0.3) is 0 Å². The molecule has 2 atom stereocenters. The molecular weight excluding hydrogens is 290 g/mol. The van der Waals surface area contributed by atoms with Crippen LogP contribution in [0, 0.1) is 0 Å². The highest BCUT2D eigenvalue weighted by Gasteiger charge is 2.40. The van der Waals surface area contributed by atoms with E-state index in [4.69, 9.17) is 0 Å². The highest BCUT2D eigenvalue weighted by Crippen LogP contribution is 2.35. The summed E-state index contributed by atoms with van der Waals surface area (Å²) in [5, 5.41) is 2.75. The maximum Gasteiger partial charge on any atom is 0.306 e. The number of rotatable bonds is 6. The molecule has 0 saturated heterocycles. The van der Waals surface area contributed by atoms with Gasteiger partial charge in [-0.15, -0.1) is 0 Å². The van der Waals surface area contributed by atoms with Crippen LogP contribution in [0.5, 0.6) is 0 Å². The molecule has 2 unspecified atom stereocenters. The lowest BCUT2D eigenvalue weighted by Gasteiger charge is -2.21. The summed E-state index contributed by atoms with van der Waals surface area (Å²) in [5.41, 5.74) is 2.11. The van der Waals surface area contributed by atoms with Crippen molar-refractivity contribution in [3.8, 4) is 0 Å². The molecule has 0 heterocycles. The molecule has 6 heteroatoms. The molecule has 1 aromatic carbocycles. The average Bonchev–Trinajstić information content (AvgIpc) is 2.85. The van der Waals surface area contributed by atoms with Gasteiger partial charge in [-0.25, -0.2) is 8.42 Å². The lowest BCUT2D eigenvalue weighted by Crippen LogP contribution is -2.36. The molecule has 21 heavy (non-hydrogen) atoms. The van der Waals surface area contributed by atoms with E-state index in [1.165, 1.54) is 7.11 Å². The highest BCUT2D eigenvalue weighted by atomic mass is 32.2. The smallest absolute Gasteiger partial charge is 0.306 e. The predicted octanol–water partition coefficient (Wildman–Crippen LogP) is 1.24. The number of benzene rings is 1. The van der Waals surface area contributed by atoms with Gasteiger partial charge in [0.15, 0.2) is 9.84 Å². The molecule has 1 aliphatic carbocycles. The molecule has 0 aliphatic heterocycles. The lowest BCUT2D eigenvalue weighted by molar-refractivity contribution is -0.140. The minimum Gasteiger partial charge on any atom is -0.469 e. The Labute approximate surface area is 125 Å². The summed E-state index contributed by atoms with van der Waals surface area (Å²) in [6, 6.07) is 7.58. The normalized spacial score (nSPS) is 21.0. The van der Waals surface area contributed by atoms with Crippen molar-refractivity contribution in [1.29, 1.82) is 0 Å².